The van der Waals surface area contributed by atoms with Gasteiger partial charge in [0.25, 0.3) is 0 Å². The number of hydrogen-bond donors (Lipinski definition) is 2. The van der Waals surface area contributed by atoms with Crippen LogP contribution in [0, 0.1) is 0 Å². The van der Waals surface area contributed by atoms with E-state index in [0.29, 0.717) is 0 Å². The van der Waals surface area contributed by atoms with E-state index in [4.69, 9.17) is 9.47 Å². The van der Waals surface area contributed by atoms with Crippen LogP contribution < -0.4 is 20.4 Å². The Labute approximate surface area is 167 Å². The number of nitrogens with one attached hydrogen (secondary N) is 2. The highest BCUT2D eigenvalue weighted by atomic mass is 16.6. The highest BCUT2D eigenvalue weighted by Gasteiger charge is 2.37. The highest BCUT2D eigenvalue weighted by Crippen LogP contribution is 2.30. The van der Waals surface area contributed by atoms with E-state index >= 15 is 0 Å². The van der Waals surface area contributed by atoms with Crippen molar-refractivity contribution in [3.63, 3.8) is 0 Å². The molecule has 2 aromatic rings. The van der Waals surface area contributed by atoms with E-state index in [0.717, 1.165) is 24.2 Å². The number of hydrogen-bond acceptors (Lipinski definition) is 6. The third kappa shape index (κ3) is 4.00. The van der Waals surface area contributed by atoms with Crippen molar-refractivity contribution in [1.82, 2.24) is 10.6 Å². The first-order chi connectivity index (χ1) is 13.5. The lowest BCUT2D eigenvalue weighted by Gasteiger charge is -2.43. The van der Waals surface area contributed by atoms with E-state index in [-0.39, 0.29) is 24.7 Å². The Hall–Kier alpha value is -2.12. The van der Waals surface area contributed by atoms with Gasteiger partial charge < -0.3 is 19.3 Å². The summed E-state index contributed by atoms with van der Waals surface area (Å²) >= 11 is 0. The van der Waals surface area contributed by atoms with E-state index in [2.05, 4.69) is 69.0 Å². The molecule has 2 N–H and O–H groups in total. The molecule has 0 radical (unpaired) electrons. The molecule has 2 aliphatic heterocycles. The summed E-state index contributed by atoms with van der Waals surface area (Å²) in [6.45, 7) is 1.55. The molecular formula is C22H30N4O2. The average molecular weight is 383 g/mol. The van der Waals surface area contributed by atoms with Crippen LogP contribution >= 0.6 is 0 Å². The molecule has 28 heavy (non-hydrogen) atoms. The fourth-order valence-electron chi connectivity index (χ4n) is 3.71. The van der Waals surface area contributed by atoms with Crippen LogP contribution in [0.25, 0.3) is 0 Å². The zero-order valence-corrected chi connectivity index (χ0v) is 17.1. The maximum atomic E-state index is 6.29. The molecule has 0 aromatic heterocycles. The Morgan fingerprint density at radius 2 is 1.00 bits per heavy atom. The number of fused-ring (bicyclic) bond motifs is 1. The Balaban J connectivity index is 1.37. The Morgan fingerprint density at radius 3 is 1.32 bits per heavy atom. The van der Waals surface area contributed by atoms with E-state index in [9.17, 15) is 0 Å². The number of anilines is 2. The summed E-state index contributed by atoms with van der Waals surface area (Å²) in [6.07, 6.45) is -0.119. The van der Waals surface area contributed by atoms with Crippen molar-refractivity contribution in [2.45, 2.75) is 24.7 Å². The quantitative estimate of drug-likeness (QED) is 0.847. The molecule has 150 valence electrons. The molecule has 0 spiro atoms. The minimum Gasteiger partial charge on any atom is -0.378 e. The molecule has 6 heteroatoms. The maximum absolute atomic E-state index is 6.29. The molecule has 0 bridgehead atoms. The van der Waals surface area contributed by atoms with Gasteiger partial charge in [-0.25, -0.2) is 0 Å². The second kappa shape index (κ2) is 8.09. The van der Waals surface area contributed by atoms with Crippen LogP contribution in [0.1, 0.15) is 23.6 Å². The summed E-state index contributed by atoms with van der Waals surface area (Å²) in [7, 11) is 8.18. The maximum Gasteiger partial charge on any atom is 0.134 e. The summed E-state index contributed by atoms with van der Waals surface area (Å²) in [6, 6.07) is 17.0. The first kappa shape index (κ1) is 19.2. The lowest BCUT2D eigenvalue weighted by atomic mass is 10.1. The van der Waals surface area contributed by atoms with Crippen LogP contribution in [-0.2, 0) is 9.47 Å². The first-order valence-corrected chi connectivity index (χ1v) is 9.83. The van der Waals surface area contributed by atoms with Gasteiger partial charge in [0.15, 0.2) is 0 Å². The number of nitrogens with zero attached hydrogens (tertiary/aromatic N) is 2. The van der Waals surface area contributed by atoms with Crippen LogP contribution in [0.3, 0.4) is 0 Å². The second-order valence-electron chi connectivity index (χ2n) is 7.90. The topological polar surface area (TPSA) is 49.0 Å². The molecule has 2 saturated heterocycles. The van der Waals surface area contributed by atoms with Crippen LogP contribution in [0.15, 0.2) is 48.5 Å². The molecule has 2 aromatic carbocycles. The molecule has 6 nitrogen and oxygen atoms in total. The van der Waals surface area contributed by atoms with Gasteiger partial charge in [-0.2, -0.15) is 0 Å². The molecule has 0 aliphatic carbocycles. The zero-order valence-electron chi connectivity index (χ0n) is 17.1. The number of benzene rings is 2. The number of rotatable bonds is 4. The second-order valence-corrected chi connectivity index (χ2v) is 7.90. The van der Waals surface area contributed by atoms with Gasteiger partial charge in [-0.05, 0) is 35.4 Å². The van der Waals surface area contributed by atoms with Gasteiger partial charge in [-0.3, -0.25) is 10.6 Å². The van der Waals surface area contributed by atoms with Crippen molar-refractivity contribution in [3.05, 3.63) is 59.7 Å². The molecule has 2 aliphatic rings. The highest BCUT2D eigenvalue weighted by molar-refractivity contribution is 5.47. The summed E-state index contributed by atoms with van der Waals surface area (Å²) in [4.78, 5) is 4.19. The van der Waals surface area contributed by atoms with Crippen LogP contribution in [0.5, 0.6) is 0 Å². The smallest absolute Gasteiger partial charge is 0.134 e. The van der Waals surface area contributed by atoms with Gasteiger partial charge in [-0.15, -0.1) is 0 Å². The molecule has 0 amide bonds. The summed E-state index contributed by atoms with van der Waals surface area (Å²) < 4.78 is 12.6. The first-order valence-electron chi connectivity index (χ1n) is 9.83. The molecule has 4 atom stereocenters. The van der Waals surface area contributed by atoms with Crippen molar-refractivity contribution >= 4 is 11.4 Å². The molecular weight excluding hydrogens is 352 g/mol. The van der Waals surface area contributed by atoms with Crippen molar-refractivity contribution in [2.24, 2.45) is 0 Å². The third-order valence-electron chi connectivity index (χ3n) is 5.47. The Bertz CT molecular complexity index is 709. The predicted molar refractivity (Wildman–Crippen MR) is 113 cm³/mol. The Kier molecular flexibility index (Phi) is 5.55. The standard InChI is InChI=1S/C22H30N4O2/c1-25(2)17-9-5-15(6-10-17)21-23-13-20-19(27-21)14-24-22(28-20)16-7-11-18(12-8-16)26(3)4/h5-12,19-24H,13-14H2,1-4H3/t19-,20-,21+,22+/m0/s1. The van der Waals surface area contributed by atoms with E-state index in [1.54, 1.807) is 0 Å². The van der Waals surface area contributed by atoms with Crippen molar-refractivity contribution in [1.29, 1.82) is 0 Å². The van der Waals surface area contributed by atoms with Gasteiger partial charge in [0, 0.05) is 52.7 Å². The van der Waals surface area contributed by atoms with Crippen molar-refractivity contribution in [2.75, 3.05) is 51.1 Å². The molecule has 2 fully saturated rings. The van der Waals surface area contributed by atoms with Gasteiger partial charge >= 0.3 is 0 Å². The van der Waals surface area contributed by atoms with Crippen molar-refractivity contribution in [3.8, 4) is 0 Å². The van der Waals surface area contributed by atoms with Crippen molar-refractivity contribution < 1.29 is 9.47 Å². The van der Waals surface area contributed by atoms with Crippen LogP contribution in [0.4, 0.5) is 11.4 Å². The minimum absolute atomic E-state index is 0.0390. The SMILES string of the molecule is CN(C)c1ccc([C@@H]2NC[C@@H]3O[C@H](c4ccc(N(C)C)cc4)NC[C@@H]3O2)cc1. The van der Waals surface area contributed by atoms with Gasteiger partial charge in [-0.1, -0.05) is 24.3 Å². The molecule has 2 heterocycles. The van der Waals surface area contributed by atoms with Gasteiger partial charge in [0.1, 0.15) is 12.5 Å². The fourth-order valence-corrected chi connectivity index (χ4v) is 3.71. The molecule has 0 saturated carbocycles. The van der Waals surface area contributed by atoms with Gasteiger partial charge in [0.05, 0.1) is 12.2 Å². The molecule has 0 unspecified atom stereocenters. The fraction of sp³-hybridized carbons (Fsp3) is 0.455. The normalized spacial score (nSPS) is 27.1. The summed E-state index contributed by atoms with van der Waals surface area (Å²) in [5.74, 6) is 0. The van der Waals surface area contributed by atoms with Crippen LogP contribution in [0.2, 0.25) is 0 Å². The average Bonchev–Trinajstić information content (AvgIpc) is 2.73. The van der Waals surface area contributed by atoms with E-state index < -0.39 is 0 Å². The predicted octanol–water partition coefficient (Wildman–Crippen LogP) is 2.49. The number of ether oxygens (including phenoxy) is 2. The van der Waals surface area contributed by atoms with E-state index in [1.165, 1.54) is 11.4 Å². The molecule has 4 rings (SSSR count). The zero-order chi connectivity index (χ0) is 19.7. The van der Waals surface area contributed by atoms with Crippen LogP contribution in [-0.4, -0.2) is 53.5 Å². The monoisotopic (exact) mass is 382 g/mol. The summed E-state index contributed by atoms with van der Waals surface area (Å²) in [5.41, 5.74) is 4.65. The lowest BCUT2D eigenvalue weighted by Crippen LogP contribution is -2.57. The summed E-state index contributed by atoms with van der Waals surface area (Å²) in [5, 5.41) is 6.97. The third-order valence-corrected chi connectivity index (χ3v) is 5.47. The van der Waals surface area contributed by atoms with Gasteiger partial charge in [0.2, 0.25) is 0 Å². The largest absolute Gasteiger partial charge is 0.378 e. The van der Waals surface area contributed by atoms with E-state index in [1.807, 2.05) is 28.2 Å². The lowest BCUT2D eigenvalue weighted by molar-refractivity contribution is -0.194. The minimum atomic E-state index is -0.0983. The Morgan fingerprint density at radius 1 is 0.643 bits per heavy atom.